The number of benzene rings is 1. The molecule has 1 unspecified atom stereocenters. The Morgan fingerprint density at radius 2 is 1.83 bits per heavy atom. The maximum Gasteiger partial charge on any atom is 0.416 e. The summed E-state index contributed by atoms with van der Waals surface area (Å²) in [5, 5.41) is 3.51. The second kappa shape index (κ2) is 6.15. The first-order valence-electron chi connectivity index (χ1n) is 8.01. The van der Waals surface area contributed by atoms with Crippen LogP contribution in [0.1, 0.15) is 36.8 Å². The number of piperidine rings is 1. The van der Waals surface area contributed by atoms with E-state index in [0.717, 1.165) is 31.7 Å². The lowest BCUT2D eigenvalue weighted by Gasteiger charge is -2.35. The minimum Gasteiger partial charge on any atom is -0.342 e. The highest BCUT2D eigenvalue weighted by Gasteiger charge is 2.37. The number of nitrogens with one attached hydrogen (secondary N) is 1. The fourth-order valence-corrected chi connectivity index (χ4v) is 3.79. The SMILES string of the molecule is CN(C(=O)Cc1ccccc1C(F)(F)F)C1C[C@H]2CC[C@@H](C1)N2. The molecule has 2 aliphatic rings. The van der Waals surface area contributed by atoms with E-state index in [-0.39, 0.29) is 23.9 Å². The van der Waals surface area contributed by atoms with E-state index in [1.807, 2.05) is 0 Å². The van der Waals surface area contributed by atoms with E-state index < -0.39 is 11.7 Å². The lowest BCUT2D eigenvalue weighted by molar-refractivity contribution is -0.138. The molecule has 2 heterocycles. The van der Waals surface area contributed by atoms with Gasteiger partial charge in [0.15, 0.2) is 0 Å². The Kier molecular flexibility index (Phi) is 4.36. The summed E-state index contributed by atoms with van der Waals surface area (Å²) in [6.07, 6.45) is -0.603. The van der Waals surface area contributed by atoms with E-state index in [2.05, 4.69) is 5.32 Å². The van der Waals surface area contributed by atoms with E-state index in [0.29, 0.717) is 12.1 Å². The Bertz CT molecular complexity index is 575. The van der Waals surface area contributed by atoms with E-state index in [4.69, 9.17) is 0 Å². The van der Waals surface area contributed by atoms with Crippen molar-refractivity contribution in [1.82, 2.24) is 10.2 Å². The van der Waals surface area contributed by atoms with Gasteiger partial charge in [-0.05, 0) is 37.3 Å². The van der Waals surface area contributed by atoms with Crippen LogP contribution >= 0.6 is 0 Å². The van der Waals surface area contributed by atoms with Gasteiger partial charge in [0.1, 0.15) is 0 Å². The fraction of sp³-hybridized carbons (Fsp3) is 0.588. The van der Waals surface area contributed by atoms with Crippen molar-refractivity contribution >= 4 is 5.91 Å². The van der Waals surface area contributed by atoms with Gasteiger partial charge in [0.2, 0.25) is 5.91 Å². The Morgan fingerprint density at radius 1 is 1.22 bits per heavy atom. The smallest absolute Gasteiger partial charge is 0.342 e. The fourth-order valence-electron chi connectivity index (χ4n) is 3.79. The Hall–Kier alpha value is -1.56. The molecule has 2 fully saturated rings. The van der Waals surface area contributed by atoms with Gasteiger partial charge >= 0.3 is 6.18 Å². The van der Waals surface area contributed by atoms with Gasteiger partial charge < -0.3 is 10.2 Å². The molecule has 0 aromatic heterocycles. The van der Waals surface area contributed by atoms with Gasteiger partial charge in [-0.2, -0.15) is 13.2 Å². The molecule has 3 rings (SSSR count). The number of rotatable bonds is 3. The minimum absolute atomic E-state index is 0.0498. The number of likely N-dealkylation sites (N-methyl/N-ethyl adjacent to an activating group) is 1. The molecule has 0 saturated carbocycles. The summed E-state index contributed by atoms with van der Waals surface area (Å²) in [6.45, 7) is 0. The highest BCUT2D eigenvalue weighted by molar-refractivity contribution is 5.79. The van der Waals surface area contributed by atoms with Gasteiger partial charge in [-0.1, -0.05) is 18.2 Å². The van der Waals surface area contributed by atoms with Crippen LogP contribution < -0.4 is 5.32 Å². The molecule has 23 heavy (non-hydrogen) atoms. The zero-order valence-corrected chi connectivity index (χ0v) is 13.1. The molecule has 3 atom stereocenters. The van der Waals surface area contributed by atoms with Gasteiger partial charge in [-0.3, -0.25) is 4.79 Å². The summed E-state index contributed by atoms with van der Waals surface area (Å²) in [4.78, 5) is 14.1. The van der Waals surface area contributed by atoms with Crippen molar-refractivity contribution < 1.29 is 18.0 Å². The van der Waals surface area contributed by atoms with E-state index in [9.17, 15) is 18.0 Å². The summed E-state index contributed by atoms with van der Waals surface area (Å²) in [7, 11) is 1.72. The Labute approximate surface area is 133 Å². The lowest BCUT2D eigenvalue weighted by atomic mass is 9.97. The highest BCUT2D eigenvalue weighted by atomic mass is 19.4. The molecule has 6 heteroatoms. The van der Waals surface area contributed by atoms with Crippen LogP contribution in [0.3, 0.4) is 0 Å². The van der Waals surface area contributed by atoms with Gasteiger partial charge in [0.25, 0.3) is 0 Å². The number of carbonyl (C=O) groups excluding carboxylic acids is 1. The molecule has 0 aliphatic carbocycles. The summed E-state index contributed by atoms with van der Waals surface area (Å²) < 4.78 is 39.1. The third-order valence-electron chi connectivity index (χ3n) is 5.05. The number of halogens is 3. The van der Waals surface area contributed by atoms with Crippen LogP contribution in [0, 0.1) is 0 Å². The van der Waals surface area contributed by atoms with E-state index in [1.165, 1.54) is 12.1 Å². The monoisotopic (exact) mass is 326 g/mol. The van der Waals surface area contributed by atoms with Crippen LogP contribution in [0.4, 0.5) is 13.2 Å². The van der Waals surface area contributed by atoms with Gasteiger partial charge in [0, 0.05) is 25.2 Å². The summed E-state index contributed by atoms with van der Waals surface area (Å²) in [5.74, 6) is -0.243. The van der Waals surface area contributed by atoms with Crippen LogP contribution in [0.15, 0.2) is 24.3 Å². The normalized spacial score (nSPS) is 27.0. The highest BCUT2D eigenvalue weighted by Crippen LogP contribution is 2.33. The molecular weight excluding hydrogens is 305 g/mol. The maximum absolute atomic E-state index is 13.0. The van der Waals surface area contributed by atoms with Crippen LogP contribution in [-0.4, -0.2) is 36.0 Å². The van der Waals surface area contributed by atoms with Gasteiger partial charge in [-0.25, -0.2) is 0 Å². The molecule has 3 nitrogen and oxygen atoms in total. The quantitative estimate of drug-likeness (QED) is 0.926. The molecule has 2 aliphatic heterocycles. The number of carbonyl (C=O) groups is 1. The van der Waals surface area contributed by atoms with Crippen LogP contribution in [0.2, 0.25) is 0 Å². The molecule has 2 bridgehead atoms. The molecule has 1 aromatic rings. The van der Waals surface area contributed by atoms with Crippen molar-refractivity contribution in [3.8, 4) is 0 Å². The first-order chi connectivity index (χ1) is 10.8. The van der Waals surface area contributed by atoms with Crippen molar-refractivity contribution in [2.45, 2.75) is 56.4 Å². The van der Waals surface area contributed by atoms with Crippen molar-refractivity contribution in [1.29, 1.82) is 0 Å². The topological polar surface area (TPSA) is 32.3 Å². The number of alkyl halides is 3. The number of hydrogen-bond donors (Lipinski definition) is 1. The molecular formula is C17H21F3N2O. The maximum atomic E-state index is 13.0. The lowest BCUT2D eigenvalue weighted by Crippen LogP contribution is -2.49. The predicted octanol–water partition coefficient (Wildman–Crippen LogP) is 2.99. The Morgan fingerprint density at radius 3 is 2.43 bits per heavy atom. The summed E-state index contributed by atoms with van der Waals surface area (Å²) in [6, 6.07) is 6.33. The first-order valence-corrected chi connectivity index (χ1v) is 8.01. The number of hydrogen-bond acceptors (Lipinski definition) is 2. The van der Waals surface area contributed by atoms with E-state index >= 15 is 0 Å². The molecule has 1 N–H and O–H groups in total. The zero-order valence-electron chi connectivity index (χ0n) is 13.1. The average Bonchev–Trinajstić information content (AvgIpc) is 2.84. The predicted molar refractivity (Wildman–Crippen MR) is 80.9 cm³/mol. The number of fused-ring (bicyclic) bond motifs is 2. The number of nitrogens with zero attached hydrogens (tertiary/aromatic N) is 1. The second-order valence-electron chi connectivity index (χ2n) is 6.60. The molecule has 2 saturated heterocycles. The minimum atomic E-state index is -4.43. The number of amides is 1. The molecule has 126 valence electrons. The Balaban J connectivity index is 1.70. The average molecular weight is 326 g/mol. The van der Waals surface area contributed by atoms with Gasteiger partial charge in [-0.15, -0.1) is 0 Å². The van der Waals surface area contributed by atoms with Crippen LogP contribution in [0.25, 0.3) is 0 Å². The standard InChI is InChI=1S/C17H21F3N2O/c1-22(14-9-12-6-7-13(10-14)21-12)16(23)8-11-4-2-3-5-15(11)17(18,19)20/h2-5,12-14,21H,6-10H2,1H3/t12-,13+,14?. The van der Waals surface area contributed by atoms with Gasteiger partial charge in [0.05, 0.1) is 12.0 Å². The van der Waals surface area contributed by atoms with Crippen LogP contribution in [-0.2, 0) is 17.4 Å². The van der Waals surface area contributed by atoms with E-state index in [1.54, 1.807) is 18.0 Å². The van der Waals surface area contributed by atoms with Crippen molar-refractivity contribution in [2.75, 3.05) is 7.05 Å². The molecule has 0 spiro atoms. The third-order valence-corrected chi connectivity index (χ3v) is 5.05. The second-order valence-corrected chi connectivity index (χ2v) is 6.60. The summed E-state index contributed by atoms with van der Waals surface area (Å²) in [5.41, 5.74) is -0.666. The summed E-state index contributed by atoms with van der Waals surface area (Å²) >= 11 is 0. The molecule has 0 radical (unpaired) electrons. The molecule has 1 amide bonds. The van der Waals surface area contributed by atoms with Crippen LogP contribution in [0.5, 0.6) is 0 Å². The third kappa shape index (κ3) is 3.52. The van der Waals surface area contributed by atoms with Crippen molar-refractivity contribution in [3.63, 3.8) is 0 Å². The van der Waals surface area contributed by atoms with Crippen molar-refractivity contribution in [2.24, 2.45) is 0 Å². The zero-order chi connectivity index (χ0) is 16.6. The first kappa shape index (κ1) is 16.3. The molecule has 1 aromatic carbocycles. The largest absolute Gasteiger partial charge is 0.416 e. The van der Waals surface area contributed by atoms with Crippen molar-refractivity contribution in [3.05, 3.63) is 35.4 Å².